The quantitative estimate of drug-likeness (QED) is 0.918. The Kier molecular flexibility index (Phi) is 4.42. The van der Waals surface area contributed by atoms with Gasteiger partial charge in [0, 0.05) is 12.6 Å². The number of hydrogen-bond acceptors (Lipinski definition) is 4. The monoisotopic (exact) mass is 324 g/mol. The Morgan fingerprint density at radius 2 is 2.21 bits per heavy atom. The molecule has 0 aromatic carbocycles. The maximum Gasteiger partial charge on any atom is 0.213 e. The maximum absolute atomic E-state index is 5.03. The summed E-state index contributed by atoms with van der Waals surface area (Å²) in [6.07, 6.45) is 1.76. The van der Waals surface area contributed by atoms with Crippen molar-refractivity contribution in [2.75, 3.05) is 12.4 Å². The second kappa shape index (κ2) is 6.06. The van der Waals surface area contributed by atoms with E-state index in [1.54, 1.807) is 13.3 Å². The number of nitrogens with zero attached hydrogens (tertiary/aromatic N) is 3. The van der Waals surface area contributed by atoms with Crippen LogP contribution in [0.3, 0.4) is 0 Å². The lowest BCUT2D eigenvalue weighted by Gasteiger charge is -2.09. The van der Waals surface area contributed by atoms with Crippen molar-refractivity contribution >= 4 is 21.6 Å². The number of anilines is 1. The molecule has 0 aliphatic rings. The third kappa shape index (κ3) is 3.07. The number of nitrogens with one attached hydrogen (secondary N) is 1. The molecule has 0 atom stereocenters. The van der Waals surface area contributed by atoms with Crippen LogP contribution in [-0.4, -0.2) is 21.9 Å². The van der Waals surface area contributed by atoms with Crippen LogP contribution >= 0.6 is 15.9 Å². The van der Waals surface area contributed by atoms with E-state index in [0.29, 0.717) is 12.4 Å². The molecule has 6 heteroatoms. The molecule has 19 heavy (non-hydrogen) atoms. The molecule has 102 valence electrons. The number of aryl methyl sites for hydroxylation is 2. The van der Waals surface area contributed by atoms with E-state index in [1.165, 1.54) is 0 Å². The summed E-state index contributed by atoms with van der Waals surface area (Å²) < 4.78 is 8.08. The lowest BCUT2D eigenvalue weighted by atomic mass is 10.3. The zero-order valence-corrected chi connectivity index (χ0v) is 12.9. The van der Waals surface area contributed by atoms with Crippen molar-refractivity contribution < 1.29 is 4.74 Å². The molecule has 0 radical (unpaired) electrons. The molecule has 0 amide bonds. The van der Waals surface area contributed by atoms with Crippen LogP contribution in [0.15, 0.2) is 22.8 Å². The van der Waals surface area contributed by atoms with E-state index in [4.69, 9.17) is 4.74 Å². The molecular weight excluding hydrogens is 308 g/mol. The number of ether oxygens (including phenoxy) is 1. The van der Waals surface area contributed by atoms with Crippen molar-refractivity contribution in [2.24, 2.45) is 0 Å². The average molecular weight is 325 g/mol. The van der Waals surface area contributed by atoms with E-state index in [-0.39, 0.29) is 0 Å². The van der Waals surface area contributed by atoms with E-state index < -0.39 is 0 Å². The van der Waals surface area contributed by atoms with E-state index in [2.05, 4.69) is 38.3 Å². The molecule has 0 bridgehead atoms. The molecule has 0 fully saturated rings. The minimum absolute atomic E-state index is 0.612. The molecule has 2 aromatic heterocycles. The van der Waals surface area contributed by atoms with Gasteiger partial charge in [0.1, 0.15) is 0 Å². The molecule has 0 aliphatic carbocycles. The summed E-state index contributed by atoms with van der Waals surface area (Å²) in [7, 11) is 1.61. The predicted molar refractivity (Wildman–Crippen MR) is 78.5 cm³/mol. The number of hydrogen-bond donors (Lipinski definition) is 1. The Bertz CT molecular complexity index is 551. The fourth-order valence-electron chi connectivity index (χ4n) is 1.83. The van der Waals surface area contributed by atoms with Gasteiger partial charge in [-0.05, 0) is 35.8 Å². The second-order valence-corrected chi connectivity index (χ2v) is 4.90. The lowest BCUT2D eigenvalue weighted by molar-refractivity contribution is 0.398. The van der Waals surface area contributed by atoms with Crippen molar-refractivity contribution in [2.45, 2.75) is 26.9 Å². The van der Waals surface area contributed by atoms with Crippen molar-refractivity contribution in [3.05, 3.63) is 34.2 Å². The lowest BCUT2D eigenvalue weighted by Crippen LogP contribution is -2.08. The third-order valence-corrected chi connectivity index (χ3v) is 3.89. The smallest absolute Gasteiger partial charge is 0.213 e. The zero-order chi connectivity index (χ0) is 13.8. The molecule has 2 rings (SSSR count). The van der Waals surface area contributed by atoms with Crippen LogP contribution in [0, 0.1) is 6.92 Å². The summed E-state index contributed by atoms with van der Waals surface area (Å²) in [6.45, 7) is 5.62. The van der Waals surface area contributed by atoms with Crippen molar-refractivity contribution in [3.8, 4) is 5.88 Å². The molecule has 0 aliphatic heterocycles. The fourth-order valence-corrected chi connectivity index (χ4v) is 2.25. The maximum atomic E-state index is 5.03. The van der Waals surface area contributed by atoms with Crippen LogP contribution in [0.25, 0.3) is 0 Å². The van der Waals surface area contributed by atoms with E-state index in [0.717, 1.165) is 28.1 Å². The number of aromatic nitrogens is 3. The van der Waals surface area contributed by atoms with Gasteiger partial charge in [-0.25, -0.2) is 4.98 Å². The fraction of sp³-hybridized carbons (Fsp3) is 0.385. The summed E-state index contributed by atoms with van der Waals surface area (Å²) in [5, 5.41) is 7.79. The number of halogens is 1. The Morgan fingerprint density at radius 1 is 1.42 bits per heavy atom. The van der Waals surface area contributed by atoms with Crippen LogP contribution in [0.5, 0.6) is 5.88 Å². The van der Waals surface area contributed by atoms with Crippen molar-refractivity contribution in [1.82, 2.24) is 14.8 Å². The van der Waals surface area contributed by atoms with Gasteiger partial charge < -0.3 is 10.1 Å². The van der Waals surface area contributed by atoms with Crippen LogP contribution in [-0.2, 0) is 13.1 Å². The summed E-state index contributed by atoms with van der Waals surface area (Å²) in [6, 6.07) is 3.78. The number of rotatable bonds is 5. The standard InChI is InChI=1S/C13H17BrN4O/c1-4-18-11(13(14)9(2)17-18)8-15-10-5-6-12(19-3)16-7-10/h5-7,15H,4,8H2,1-3H3. The van der Waals surface area contributed by atoms with Gasteiger partial charge in [-0.2, -0.15) is 5.10 Å². The summed E-state index contributed by atoms with van der Waals surface area (Å²) >= 11 is 3.58. The summed E-state index contributed by atoms with van der Waals surface area (Å²) in [5.74, 6) is 0.612. The number of pyridine rings is 1. The van der Waals surface area contributed by atoms with Crippen LogP contribution in [0.2, 0.25) is 0 Å². The van der Waals surface area contributed by atoms with Crippen molar-refractivity contribution in [3.63, 3.8) is 0 Å². The summed E-state index contributed by atoms with van der Waals surface area (Å²) in [4.78, 5) is 4.16. The van der Waals surface area contributed by atoms with E-state index >= 15 is 0 Å². The van der Waals surface area contributed by atoms with Crippen LogP contribution < -0.4 is 10.1 Å². The van der Waals surface area contributed by atoms with E-state index in [9.17, 15) is 0 Å². The molecule has 2 heterocycles. The van der Waals surface area contributed by atoms with Gasteiger partial charge in [0.05, 0.1) is 41.4 Å². The Morgan fingerprint density at radius 3 is 2.79 bits per heavy atom. The Balaban J connectivity index is 2.09. The van der Waals surface area contributed by atoms with Gasteiger partial charge in [-0.3, -0.25) is 4.68 Å². The topological polar surface area (TPSA) is 52.0 Å². The highest BCUT2D eigenvalue weighted by molar-refractivity contribution is 9.10. The Labute approximate surface area is 121 Å². The molecule has 5 nitrogen and oxygen atoms in total. The molecule has 0 saturated heterocycles. The molecule has 0 unspecified atom stereocenters. The van der Waals surface area contributed by atoms with Crippen molar-refractivity contribution in [1.29, 1.82) is 0 Å². The molecular formula is C13H17BrN4O. The normalized spacial score (nSPS) is 10.5. The largest absolute Gasteiger partial charge is 0.481 e. The van der Waals surface area contributed by atoms with Gasteiger partial charge in [-0.1, -0.05) is 0 Å². The van der Waals surface area contributed by atoms with Gasteiger partial charge >= 0.3 is 0 Å². The molecule has 2 aromatic rings. The summed E-state index contributed by atoms with van der Waals surface area (Å²) in [5.41, 5.74) is 3.09. The van der Waals surface area contributed by atoms with Crippen LogP contribution in [0.1, 0.15) is 18.3 Å². The second-order valence-electron chi connectivity index (χ2n) is 4.10. The highest BCUT2D eigenvalue weighted by Crippen LogP contribution is 2.22. The average Bonchev–Trinajstić information content (AvgIpc) is 2.72. The Hall–Kier alpha value is -1.56. The highest BCUT2D eigenvalue weighted by Gasteiger charge is 2.11. The minimum atomic E-state index is 0.612. The van der Waals surface area contributed by atoms with Gasteiger partial charge in [0.2, 0.25) is 5.88 Å². The SMILES string of the molecule is CCn1nc(C)c(Br)c1CNc1ccc(OC)nc1. The first-order chi connectivity index (χ1) is 9.15. The first-order valence-corrected chi connectivity index (χ1v) is 6.90. The molecule has 0 spiro atoms. The van der Waals surface area contributed by atoms with Gasteiger partial charge in [0.15, 0.2) is 0 Å². The molecule has 1 N–H and O–H groups in total. The van der Waals surface area contributed by atoms with Gasteiger partial charge in [0.25, 0.3) is 0 Å². The zero-order valence-electron chi connectivity index (χ0n) is 11.3. The highest BCUT2D eigenvalue weighted by atomic mass is 79.9. The third-order valence-electron chi connectivity index (χ3n) is 2.86. The van der Waals surface area contributed by atoms with Gasteiger partial charge in [-0.15, -0.1) is 0 Å². The van der Waals surface area contributed by atoms with Crippen LogP contribution in [0.4, 0.5) is 5.69 Å². The minimum Gasteiger partial charge on any atom is -0.481 e. The predicted octanol–water partition coefficient (Wildman–Crippen LogP) is 2.99. The van der Waals surface area contributed by atoms with E-state index in [1.807, 2.05) is 23.7 Å². The number of methoxy groups -OCH3 is 1. The first-order valence-electron chi connectivity index (χ1n) is 6.11. The molecule has 0 saturated carbocycles. The first kappa shape index (κ1) is 13.9.